The highest BCUT2D eigenvalue weighted by Gasteiger charge is 2.29. The first-order valence-corrected chi connectivity index (χ1v) is 10.7. The number of hydrogen-bond donors (Lipinski definition) is 0. The van der Waals surface area contributed by atoms with Gasteiger partial charge in [0.15, 0.2) is 11.2 Å². The molecule has 1 aliphatic heterocycles. The molecule has 0 amide bonds. The molecule has 0 saturated heterocycles. The lowest BCUT2D eigenvalue weighted by Crippen LogP contribution is -2.41. The first-order valence-electron chi connectivity index (χ1n) is 10.7. The van der Waals surface area contributed by atoms with Gasteiger partial charge in [0.05, 0.1) is 6.54 Å². The van der Waals surface area contributed by atoms with E-state index in [1.165, 1.54) is 10.6 Å². The summed E-state index contributed by atoms with van der Waals surface area (Å²) in [6.45, 7) is 4.09. The van der Waals surface area contributed by atoms with Gasteiger partial charge >= 0.3 is 5.69 Å². The zero-order chi connectivity index (χ0) is 22.4. The quantitative estimate of drug-likeness (QED) is 0.497. The number of benzene rings is 2. The fourth-order valence-electron chi connectivity index (χ4n) is 4.48. The van der Waals surface area contributed by atoms with Gasteiger partial charge in [0.25, 0.3) is 5.56 Å². The van der Waals surface area contributed by atoms with Gasteiger partial charge in [-0.25, -0.2) is 9.18 Å². The molecule has 0 N–H and O–H groups in total. The van der Waals surface area contributed by atoms with Crippen LogP contribution in [0.4, 0.5) is 10.3 Å². The molecule has 4 aromatic rings. The second-order valence-corrected chi connectivity index (χ2v) is 8.49. The van der Waals surface area contributed by atoms with Crippen LogP contribution in [0.2, 0.25) is 0 Å². The molecule has 0 fully saturated rings. The van der Waals surface area contributed by atoms with E-state index in [9.17, 15) is 14.0 Å². The van der Waals surface area contributed by atoms with Gasteiger partial charge in [-0.3, -0.25) is 13.9 Å². The molecular weight excluding hydrogens is 409 g/mol. The van der Waals surface area contributed by atoms with Crippen LogP contribution in [0.5, 0.6) is 0 Å². The van der Waals surface area contributed by atoms with Crippen LogP contribution in [0, 0.1) is 11.7 Å². The van der Waals surface area contributed by atoms with Crippen molar-refractivity contribution in [1.29, 1.82) is 0 Å². The molecule has 3 heterocycles. The van der Waals surface area contributed by atoms with E-state index in [1.807, 2.05) is 22.8 Å². The Balaban J connectivity index is 1.67. The monoisotopic (exact) mass is 433 g/mol. The normalized spacial score (nSPS) is 15.8. The van der Waals surface area contributed by atoms with Crippen LogP contribution in [0.25, 0.3) is 11.2 Å². The first-order chi connectivity index (χ1) is 15.4. The highest BCUT2D eigenvalue weighted by atomic mass is 19.1. The van der Waals surface area contributed by atoms with Gasteiger partial charge in [-0.1, -0.05) is 55.5 Å². The fourth-order valence-corrected chi connectivity index (χ4v) is 4.48. The van der Waals surface area contributed by atoms with Gasteiger partial charge in [0, 0.05) is 32.2 Å². The summed E-state index contributed by atoms with van der Waals surface area (Å²) in [4.78, 5) is 33.3. The molecule has 0 aliphatic carbocycles. The molecule has 0 unspecified atom stereocenters. The van der Waals surface area contributed by atoms with Crippen LogP contribution in [0.1, 0.15) is 18.1 Å². The van der Waals surface area contributed by atoms with E-state index in [2.05, 4.69) is 24.0 Å². The van der Waals surface area contributed by atoms with Crippen LogP contribution >= 0.6 is 0 Å². The molecule has 0 spiro atoms. The Morgan fingerprint density at radius 1 is 1.00 bits per heavy atom. The molecule has 0 radical (unpaired) electrons. The van der Waals surface area contributed by atoms with Gasteiger partial charge in [0.1, 0.15) is 5.82 Å². The second kappa shape index (κ2) is 7.78. The lowest BCUT2D eigenvalue weighted by Gasteiger charge is -2.33. The molecule has 0 bridgehead atoms. The molecule has 7 nitrogen and oxygen atoms in total. The average molecular weight is 433 g/mol. The Morgan fingerprint density at radius 2 is 1.72 bits per heavy atom. The van der Waals surface area contributed by atoms with Crippen LogP contribution in [-0.4, -0.2) is 25.2 Å². The number of anilines is 1. The third kappa shape index (κ3) is 3.32. The topological polar surface area (TPSA) is 65.1 Å². The van der Waals surface area contributed by atoms with Crippen molar-refractivity contribution in [3.63, 3.8) is 0 Å². The predicted octanol–water partition coefficient (Wildman–Crippen LogP) is 2.74. The van der Waals surface area contributed by atoms with E-state index in [1.54, 1.807) is 25.2 Å². The summed E-state index contributed by atoms with van der Waals surface area (Å²) in [5.41, 5.74) is 1.22. The van der Waals surface area contributed by atoms with Gasteiger partial charge in [-0.2, -0.15) is 4.98 Å². The van der Waals surface area contributed by atoms with Crippen LogP contribution in [0.3, 0.4) is 0 Å². The maximum atomic E-state index is 14.2. The summed E-state index contributed by atoms with van der Waals surface area (Å²) in [7, 11) is 1.60. The lowest BCUT2D eigenvalue weighted by molar-refractivity contribution is 0.435. The number of imidazole rings is 1. The van der Waals surface area contributed by atoms with Crippen LogP contribution < -0.4 is 16.1 Å². The van der Waals surface area contributed by atoms with E-state index in [0.717, 1.165) is 16.7 Å². The van der Waals surface area contributed by atoms with Gasteiger partial charge in [0.2, 0.25) is 5.95 Å². The summed E-state index contributed by atoms with van der Waals surface area (Å²) in [6, 6.07) is 16.3. The molecular formula is C24H24FN5O2. The van der Waals surface area contributed by atoms with Gasteiger partial charge in [-0.15, -0.1) is 0 Å². The second-order valence-electron chi connectivity index (χ2n) is 8.49. The molecule has 2 aromatic carbocycles. The summed E-state index contributed by atoms with van der Waals surface area (Å²) >= 11 is 0. The Kier molecular flexibility index (Phi) is 4.92. The summed E-state index contributed by atoms with van der Waals surface area (Å²) in [5, 5.41) is 0. The number of hydrogen-bond acceptors (Lipinski definition) is 4. The van der Waals surface area contributed by atoms with Crippen molar-refractivity contribution in [2.24, 2.45) is 13.0 Å². The molecule has 1 atom stereocenters. The van der Waals surface area contributed by atoms with Crippen LogP contribution in [0.15, 0.2) is 64.2 Å². The summed E-state index contributed by atoms with van der Waals surface area (Å²) in [6.07, 6.45) is 0. The Hall–Kier alpha value is -3.68. The molecule has 1 aliphatic rings. The zero-order valence-electron chi connectivity index (χ0n) is 18.0. The molecule has 2 aromatic heterocycles. The lowest BCUT2D eigenvalue weighted by atomic mass is 10.1. The number of rotatable bonds is 4. The highest BCUT2D eigenvalue weighted by Crippen LogP contribution is 2.28. The van der Waals surface area contributed by atoms with Gasteiger partial charge in [-0.05, 0) is 17.5 Å². The minimum absolute atomic E-state index is 0.127. The SMILES string of the molecule is C[C@@H]1CN(Cc2ccccc2)c2nc3c(c(=O)n(Cc4ccccc4F)c(=O)n3C)n2C1. The average Bonchev–Trinajstić information content (AvgIpc) is 3.17. The number of aromatic nitrogens is 4. The molecule has 0 saturated carbocycles. The smallest absolute Gasteiger partial charge is 0.332 e. The zero-order valence-corrected chi connectivity index (χ0v) is 18.0. The molecule has 164 valence electrons. The maximum Gasteiger partial charge on any atom is 0.332 e. The van der Waals surface area contributed by atoms with Crippen molar-refractivity contribution < 1.29 is 4.39 Å². The Morgan fingerprint density at radius 3 is 2.47 bits per heavy atom. The number of fused-ring (bicyclic) bond motifs is 3. The number of aryl methyl sites for hydroxylation is 1. The fraction of sp³-hybridized carbons (Fsp3) is 0.292. The standard InChI is InChI=1S/C24H24FN5O2/c1-16-12-28(14-17-8-4-3-5-9-17)23-26-21-20(29(23)13-16)22(31)30(24(32)27(21)2)15-18-10-6-7-11-19(18)25/h3-11,16H,12-15H2,1-2H3/t16-/m1/s1. The van der Waals surface area contributed by atoms with E-state index in [-0.39, 0.29) is 6.54 Å². The Labute approximate surface area is 184 Å². The van der Waals surface area contributed by atoms with Crippen molar-refractivity contribution in [1.82, 2.24) is 18.7 Å². The first kappa shape index (κ1) is 20.2. The van der Waals surface area contributed by atoms with Crippen LogP contribution in [-0.2, 0) is 26.7 Å². The third-order valence-corrected chi connectivity index (χ3v) is 6.02. The van der Waals surface area contributed by atoms with Crippen molar-refractivity contribution >= 4 is 17.1 Å². The molecule has 32 heavy (non-hydrogen) atoms. The maximum absolute atomic E-state index is 14.2. The number of halogens is 1. The predicted molar refractivity (Wildman–Crippen MR) is 121 cm³/mol. The summed E-state index contributed by atoms with van der Waals surface area (Å²) < 4.78 is 18.6. The highest BCUT2D eigenvalue weighted by molar-refractivity contribution is 5.75. The molecule has 5 rings (SSSR count). The largest absolute Gasteiger partial charge is 0.338 e. The van der Waals surface area contributed by atoms with Gasteiger partial charge < -0.3 is 9.47 Å². The van der Waals surface area contributed by atoms with E-state index in [0.29, 0.717) is 41.7 Å². The minimum atomic E-state index is -0.510. The van der Waals surface area contributed by atoms with E-state index in [4.69, 9.17) is 4.98 Å². The van der Waals surface area contributed by atoms with E-state index < -0.39 is 17.1 Å². The number of nitrogens with zero attached hydrogens (tertiary/aromatic N) is 5. The summed E-state index contributed by atoms with van der Waals surface area (Å²) in [5.74, 6) is 0.525. The Bertz CT molecular complexity index is 1420. The van der Waals surface area contributed by atoms with E-state index >= 15 is 0 Å². The minimum Gasteiger partial charge on any atom is -0.338 e. The molecule has 8 heteroatoms. The third-order valence-electron chi connectivity index (χ3n) is 6.02. The van der Waals surface area contributed by atoms with Crippen molar-refractivity contribution in [3.8, 4) is 0 Å². The van der Waals surface area contributed by atoms with Crippen molar-refractivity contribution in [2.45, 2.75) is 26.6 Å². The van der Waals surface area contributed by atoms with Crippen molar-refractivity contribution in [3.05, 3.63) is 92.4 Å². The van der Waals surface area contributed by atoms with Crippen molar-refractivity contribution in [2.75, 3.05) is 11.4 Å².